The van der Waals surface area contributed by atoms with Gasteiger partial charge in [-0.05, 0) is 111 Å². The van der Waals surface area contributed by atoms with Crippen LogP contribution in [0.2, 0.25) is 0 Å². The van der Waals surface area contributed by atoms with Crippen molar-refractivity contribution in [3.05, 3.63) is 47.0 Å². The molecule has 0 saturated heterocycles. The molecule has 0 N–H and O–H groups in total. The van der Waals surface area contributed by atoms with Crippen LogP contribution in [0.4, 0.5) is 50.4 Å². The fourth-order valence-corrected chi connectivity index (χ4v) is 19.0. The molecule has 30 heteroatoms. The molecule has 0 aliphatic rings. The summed E-state index contributed by atoms with van der Waals surface area (Å²) in [4.78, 5) is 9.94. The molecule has 444 valence electrons. The maximum absolute atomic E-state index is 10.7. The predicted molar refractivity (Wildman–Crippen MR) is 295 cm³/mol. The van der Waals surface area contributed by atoms with Crippen LogP contribution in [0.15, 0.2) is 24.3 Å². The van der Waals surface area contributed by atoms with Crippen molar-refractivity contribution in [1.82, 2.24) is 9.97 Å². The van der Waals surface area contributed by atoms with Gasteiger partial charge in [-0.2, -0.15) is 27.1 Å². The predicted octanol–water partition coefficient (Wildman–Crippen LogP) is 19.9. The smallest absolute Gasteiger partial charge is 2.00 e. The second-order valence-corrected chi connectivity index (χ2v) is 41.3. The third-order valence-electron chi connectivity index (χ3n) is 9.98. The summed E-state index contributed by atoms with van der Waals surface area (Å²) >= 11 is 0. The van der Waals surface area contributed by atoms with Crippen LogP contribution in [0.25, 0.3) is 0 Å². The van der Waals surface area contributed by atoms with E-state index in [4.69, 9.17) is 37.1 Å². The Bertz CT molecular complexity index is 1390. The fraction of sp³-hybridized carbons (Fsp3) is 0.810. The summed E-state index contributed by atoms with van der Waals surface area (Å²) < 4.78 is 147. The van der Waals surface area contributed by atoms with Crippen molar-refractivity contribution in [1.29, 1.82) is 0 Å². The molecular formula is C42H92F12N2Ni2O6P8+6. The summed E-state index contributed by atoms with van der Waals surface area (Å²) in [6, 6.07) is 9.19. The molecule has 2 heterocycles. The number of halogens is 12. The van der Waals surface area contributed by atoms with Crippen LogP contribution in [0.5, 0.6) is 0 Å². The molecule has 0 atom stereocenters. The maximum atomic E-state index is 9.87. The molecule has 0 aromatic carbocycles. The first-order chi connectivity index (χ1) is 31.0. The van der Waals surface area contributed by atoms with E-state index in [0.29, 0.717) is 0 Å². The third kappa shape index (κ3) is 56.6. The summed E-state index contributed by atoms with van der Waals surface area (Å²) in [6.07, 6.45) is 4.97. The van der Waals surface area contributed by atoms with Crippen molar-refractivity contribution < 1.29 is 110 Å². The molecule has 0 saturated carbocycles. The van der Waals surface area contributed by atoms with E-state index in [2.05, 4.69) is 135 Å². The van der Waals surface area contributed by atoms with Crippen LogP contribution in [-0.4, -0.2) is 87.9 Å². The van der Waals surface area contributed by atoms with Gasteiger partial charge >= 0.3 is 116 Å². The number of rotatable bonds is 22. The first kappa shape index (κ1) is 85.2. The zero-order valence-corrected chi connectivity index (χ0v) is 55.9. The number of hydrogen-bond donors (Lipinski definition) is 0. The van der Waals surface area contributed by atoms with E-state index in [1.807, 2.05) is 0 Å². The number of nitrogens with zero attached hydrogens (tertiary/aromatic N) is 2. The van der Waals surface area contributed by atoms with Gasteiger partial charge in [-0.25, -0.2) is 0 Å². The van der Waals surface area contributed by atoms with Crippen molar-refractivity contribution >= 4 is 64.5 Å². The van der Waals surface area contributed by atoms with E-state index < -0.39 is 32.8 Å². The molecule has 0 radical (unpaired) electrons. The van der Waals surface area contributed by atoms with Gasteiger partial charge in [0.1, 0.15) is 0 Å². The maximum Gasteiger partial charge on any atom is 2.00 e. The van der Waals surface area contributed by atoms with Crippen LogP contribution in [0, 0.1) is 0 Å². The van der Waals surface area contributed by atoms with Crippen molar-refractivity contribution in [2.45, 2.75) is 181 Å². The van der Waals surface area contributed by atoms with E-state index in [1.165, 1.54) is 47.4 Å². The number of hydrogen-bond acceptors (Lipinski definition) is 6. The quantitative estimate of drug-likeness (QED) is 0.0655. The number of aromatic nitrogens is 2. The minimum absolute atomic E-state index is 0. The van der Waals surface area contributed by atoms with Crippen LogP contribution in [-0.2, 0) is 84.8 Å². The van der Waals surface area contributed by atoms with Crippen molar-refractivity contribution in [3.8, 4) is 0 Å². The largest absolute Gasteiger partial charge is 2.00 e. The zero-order chi connectivity index (χ0) is 56.5. The van der Waals surface area contributed by atoms with Crippen LogP contribution >= 0.6 is 64.5 Å². The minimum atomic E-state index is -10.7. The minimum Gasteiger partial charge on any atom is 2.00 e. The van der Waals surface area contributed by atoms with E-state index in [-0.39, 0.29) is 64.7 Å². The summed E-state index contributed by atoms with van der Waals surface area (Å²) in [6.45, 7) is 38.2. The molecule has 2 rings (SSSR count). The average Bonchev–Trinajstić information content (AvgIpc) is 3.81. The van der Waals surface area contributed by atoms with Gasteiger partial charge in [-0.15, -0.1) is 22.8 Å². The van der Waals surface area contributed by atoms with Gasteiger partial charge in [0.25, 0.3) is 0 Å². The molecular weight excluding hydrogens is 1220 g/mol. The van der Waals surface area contributed by atoms with Crippen LogP contribution < -0.4 is 9.97 Å². The summed E-state index contributed by atoms with van der Waals surface area (Å²) in [5, 5.41) is 0. The topological polar surface area (TPSA) is 83.6 Å². The van der Waals surface area contributed by atoms with E-state index in [9.17, 15) is 50.4 Å². The van der Waals surface area contributed by atoms with Gasteiger partial charge < -0.3 is 9.97 Å². The van der Waals surface area contributed by atoms with Gasteiger partial charge in [0.15, 0.2) is 0 Å². The van der Waals surface area contributed by atoms with Gasteiger partial charge in [-0.3, -0.25) is 0 Å². The second kappa shape index (κ2) is 36.3. The average molecular weight is 1310 g/mol. The summed E-state index contributed by atoms with van der Waals surface area (Å²) in [5.41, 5.74) is 12.1. The Morgan fingerprint density at radius 3 is 0.500 bits per heavy atom. The molecule has 0 aliphatic carbocycles. The van der Waals surface area contributed by atoms with E-state index >= 15 is 0 Å². The Labute approximate surface area is 453 Å². The van der Waals surface area contributed by atoms with E-state index in [1.54, 1.807) is 42.7 Å². The van der Waals surface area contributed by atoms with E-state index in [0.717, 1.165) is 45.3 Å². The molecule has 0 spiro atoms. The first-order valence-electron chi connectivity index (χ1n) is 22.8. The first-order valence-corrected chi connectivity index (χ1v) is 36.7. The Hall–Kier alpha value is 1.91. The van der Waals surface area contributed by atoms with Crippen molar-refractivity contribution in [2.24, 2.45) is 0 Å². The molecule has 0 unspecified atom stereocenters. The summed E-state index contributed by atoms with van der Waals surface area (Å²) in [7, 11) is -16.0. The normalized spacial score (nSPS) is 14.0. The molecule has 0 fully saturated rings. The standard InChI is InChI=1S/2C18H34NP2.2C3H10O3P.2F6P.2Ni/c2*1-13(2)20(14(3)4)11-17-9-10-18(19-17)12-21(15(5)6)16(7)8;2*1-4-7(5-2)6-3;2*1-7(2,3,4,5)6;;/h2*9-10,13-16H,11-12H2,1-8H3;2*7H,1-3H3;;;;/q2*-1;2*+1;2*-1;2*+2/p+4. The molecule has 72 heavy (non-hydrogen) atoms. The SMILES string of the molecule is CC(C)[PH+](Cc1ccc(C[PH+](C(C)C)C(C)C)[n-]1)C(C)C.CC(C)[PH+](Cc1ccc(C[PH+](C(C)C)C(C)C)[n-]1)C(C)C.CO[PH+](OC)OC.CO[PH+](OC)OC.F[P-](F)(F)(F)(F)F.F[P-](F)(F)(F)(F)F.[Ni+2].[Ni+2]. The Morgan fingerprint density at radius 2 is 0.431 bits per heavy atom. The van der Waals surface area contributed by atoms with Gasteiger partial charge in [-0.1, -0.05) is 24.3 Å². The molecule has 2 aromatic heterocycles. The molecule has 2 aromatic rings. The molecule has 0 amide bonds. The van der Waals surface area contributed by atoms with Crippen molar-refractivity contribution in [3.63, 3.8) is 0 Å². The zero-order valence-electron chi connectivity index (χ0n) is 46.2. The van der Waals surface area contributed by atoms with Gasteiger partial charge in [0, 0.05) is 31.7 Å². The Kier molecular flexibility index (Phi) is 43.0. The second-order valence-electron chi connectivity index (χ2n) is 18.7. The van der Waals surface area contributed by atoms with Gasteiger partial charge in [0.2, 0.25) is 0 Å². The molecule has 0 bridgehead atoms. The fourth-order valence-electron chi connectivity index (χ4n) is 6.93. The third-order valence-corrected chi connectivity index (χ3v) is 26.9. The molecule has 8 nitrogen and oxygen atoms in total. The van der Waals surface area contributed by atoms with Crippen LogP contribution in [0.1, 0.15) is 134 Å². The Balaban J connectivity index is -0.000000197. The monoisotopic (exact) mass is 1310 g/mol. The Morgan fingerprint density at radius 1 is 0.319 bits per heavy atom. The van der Waals surface area contributed by atoms with Gasteiger partial charge in [0.05, 0.1) is 113 Å². The molecule has 0 aliphatic heterocycles. The van der Waals surface area contributed by atoms with Crippen molar-refractivity contribution in [2.75, 3.05) is 42.7 Å². The van der Waals surface area contributed by atoms with Crippen LogP contribution in [0.3, 0.4) is 0 Å². The summed E-state index contributed by atoms with van der Waals surface area (Å²) in [5.74, 6) is 0.